The Labute approximate surface area is 150 Å². The van der Waals surface area contributed by atoms with Crippen LogP contribution < -0.4 is 10.6 Å². The molecule has 5 nitrogen and oxygen atoms in total. The minimum atomic E-state index is -0.930. The highest BCUT2D eigenvalue weighted by atomic mass is 16.3. The molecule has 1 saturated carbocycles. The Balaban J connectivity index is 1.89. The summed E-state index contributed by atoms with van der Waals surface area (Å²) in [5, 5.41) is 15.4. The van der Waals surface area contributed by atoms with Gasteiger partial charge in [0.15, 0.2) is 0 Å². The highest BCUT2D eigenvalue weighted by molar-refractivity contribution is 5.89. The first kappa shape index (κ1) is 19.4. The number of hydrogen-bond acceptors (Lipinski definition) is 3. The molecule has 1 aromatic carbocycles. The molecule has 25 heavy (non-hydrogen) atoms. The van der Waals surface area contributed by atoms with E-state index in [1.807, 2.05) is 6.92 Å². The first-order chi connectivity index (χ1) is 11.8. The second-order valence-corrected chi connectivity index (χ2v) is 7.51. The van der Waals surface area contributed by atoms with E-state index in [9.17, 15) is 14.7 Å². The molecule has 0 radical (unpaired) electrons. The van der Waals surface area contributed by atoms with Crippen LogP contribution in [0, 0.1) is 5.92 Å². The molecule has 0 bridgehead atoms. The van der Waals surface area contributed by atoms with Gasteiger partial charge < -0.3 is 15.7 Å². The Bertz CT molecular complexity index is 591. The van der Waals surface area contributed by atoms with E-state index in [0.717, 1.165) is 18.4 Å². The lowest BCUT2D eigenvalue weighted by atomic mass is 9.99. The molecule has 0 aliphatic heterocycles. The van der Waals surface area contributed by atoms with E-state index in [0.29, 0.717) is 12.3 Å². The number of benzene rings is 1. The third-order valence-corrected chi connectivity index (χ3v) is 4.59. The summed E-state index contributed by atoms with van der Waals surface area (Å²) in [7, 11) is 0. The molecule has 138 valence electrons. The molecule has 3 unspecified atom stereocenters. The van der Waals surface area contributed by atoms with Crippen LogP contribution in [0.4, 0.5) is 0 Å². The van der Waals surface area contributed by atoms with Gasteiger partial charge in [-0.2, -0.15) is 0 Å². The minimum Gasteiger partial charge on any atom is -0.391 e. The van der Waals surface area contributed by atoms with Crippen LogP contribution in [0.25, 0.3) is 0 Å². The van der Waals surface area contributed by atoms with Crippen LogP contribution in [-0.2, 0) is 16.0 Å². The molecule has 0 spiro atoms. The molecular weight excluding hydrogens is 316 g/mol. The zero-order valence-electron chi connectivity index (χ0n) is 15.6. The Morgan fingerprint density at radius 2 is 1.68 bits per heavy atom. The van der Waals surface area contributed by atoms with Gasteiger partial charge in [-0.05, 0) is 50.2 Å². The van der Waals surface area contributed by atoms with Gasteiger partial charge in [0.2, 0.25) is 11.8 Å². The number of rotatable bonds is 8. The second kappa shape index (κ2) is 8.48. The van der Waals surface area contributed by atoms with Gasteiger partial charge in [-0.1, -0.05) is 38.1 Å². The number of aliphatic hydroxyl groups is 1. The normalized spacial score (nSPS) is 17.7. The Kier molecular flexibility index (Phi) is 6.59. The van der Waals surface area contributed by atoms with Crippen LogP contribution in [-0.4, -0.2) is 35.1 Å². The zero-order chi connectivity index (χ0) is 18.6. The molecule has 0 heterocycles. The maximum absolute atomic E-state index is 12.4. The monoisotopic (exact) mass is 346 g/mol. The van der Waals surface area contributed by atoms with Crippen LogP contribution >= 0.6 is 0 Å². The average molecular weight is 346 g/mol. The fourth-order valence-corrected chi connectivity index (χ4v) is 2.80. The van der Waals surface area contributed by atoms with Crippen molar-refractivity contribution in [3.8, 4) is 0 Å². The number of aliphatic hydroxyl groups excluding tert-OH is 1. The Morgan fingerprint density at radius 3 is 2.16 bits per heavy atom. The quantitative estimate of drug-likeness (QED) is 0.675. The van der Waals surface area contributed by atoms with Crippen LogP contribution in [0.3, 0.4) is 0 Å². The van der Waals surface area contributed by atoms with Gasteiger partial charge in [0.05, 0.1) is 6.10 Å². The fourth-order valence-electron chi connectivity index (χ4n) is 2.80. The lowest BCUT2D eigenvalue weighted by Crippen LogP contribution is -2.54. The molecule has 3 N–H and O–H groups in total. The average Bonchev–Trinajstić information content (AvgIpc) is 3.37. The van der Waals surface area contributed by atoms with E-state index in [-0.39, 0.29) is 23.8 Å². The standard InChI is InChI=1S/C20H30N2O3/c1-12(2)16-7-5-15(6-8-16)11-13(3)21-20(25)18(14(4)23)22-19(24)17-9-10-17/h5-8,12-14,17-18,23H,9-11H2,1-4H3,(H,21,25)(H,22,24). The molecule has 1 aromatic rings. The molecule has 1 aliphatic rings. The van der Waals surface area contributed by atoms with Crippen LogP contribution in [0.2, 0.25) is 0 Å². The SMILES string of the molecule is CC(Cc1ccc(C(C)C)cc1)NC(=O)C(NC(=O)C1CC1)C(C)O. The van der Waals surface area contributed by atoms with Crippen molar-refractivity contribution in [3.63, 3.8) is 0 Å². The van der Waals surface area contributed by atoms with Crippen LogP contribution in [0.5, 0.6) is 0 Å². The van der Waals surface area contributed by atoms with E-state index in [2.05, 4.69) is 48.7 Å². The third-order valence-electron chi connectivity index (χ3n) is 4.59. The van der Waals surface area contributed by atoms with Crippen LogP contribution in [0.15, 0.2) is 24.3 Å². The molecule has 5 heteroatoms. The van der Waals surface area contributed by atoms with Crippen molar-refractivity contribution in [2.45, 2.75) is 71.1 Å². The molecule has 2 rings (SSSR count). The van der Waals surface area contributed by atoms with Crippen molar-refractivity contribution >= 4 is 11.8 Å². The summed E-state index contributed by atoms with van der Waals surface area (Å²) in [6.07, 6.45) is 1.50. The summed E-state index contributed by atoms with van der Waals surface area (Å²) in [5.74, 6) is 0.0206. The maximum Gasteiger partial charge on any atom is 0.245 e. The highest BCUT2D eigenvalue weighted by Gasteiger charge is 2.34. The summed E-state index contributed by atoms with van der Waals surface area (Å²) in [6, 6.07) is 7.40. The molecule has 0 aromatic heterocycles. The number of hydrogen-bond donors (Lipinski definition) is 3. The summed E-state index contributed by atoms with van der Waals surface area (Å²) in [6.45, 7) is 7.76. The van der Waals surface area contributed by atoms with Crippen molar-refractivity contribution in [1.82, 2.24) is 10.6 Å². The maximum atomic E-state index is 12.4. The second-order valence-electron chi connectivity index (χ2n) is 7.51. The van der Waals surface area contributed by atoms with Gasteiger partial charge >= 0.3 is 0 Å². The topological polar surface area (TPSA) is 78.4 Å². The Hall–Kier alpha value is -1.88. The summed E-state index contributed by atoms with van der Waals surface area (Å²) in [4.78, 5) is 24.3. The number of nitrogens with one attached hydrogen (secondary N) is 2. The van der Waals surface area contributed by atoms with Gasteiger partial charge in [0.1, 0.15) is 6.04 Å². The number of amides is 2. The smallest absolute Gasteiger partial charge is 0.245 e. The lowest BCUT2D eigenvalue weighted by molar-refractivity contribution is -0.132. The van der Waals surface area contributed by atoms with Gasteiger partial charge in [0.25, 0.3) is 0 Å². The van der Waals surface area contributed by atoms with Gasteiger partial charge in [0, 0.05) is 12.0 Å². The first-order valence-electron chi connectivity index (χ1n) is 9.15. The predicted molar refractivity (Wildman–Crippen MR) is 98.2 cm³/mol. The lowest BCUT2D eigenvalue weighted by Gasteiger charge is -2.23. The first-order valence-corrected chi connectivity index (χ1v) is 9.15. The van der Waals surface area contributed by atoms with Gasteiger partial charge in [-0.3, -0.25) is 9.59 Å². The number of carbonyl (C=O) groups excluding carboxylic acids is 2. The van der Waals surface area contributed by atoms with Crippen LogP contribution in [0.1, 0.15) is 57.6 Å². The van der Waals surface area contributed by atoms with E-state index >= 15 is 0 Å². The summed E-state index contributed by atoms with van der Waals surface area (Å²) < 4.78 is 0. The molecule has 0 saturated heterocycles. The van der Waals surface area contributed by atoms with Crippen molar-refractivity contribution < 1.29 is 14.7 Å². The minimum absolute atomic E-state index is 0.00550. The number of carbonyl (C=O) groups is 2. The Morgan fingerprint density at radius 1 is 1.08 bits per heavy atom. The van der Waals surface area contributed by atoms with Crippen molar-refractivity contribution in [2.75, 3.05) is 0 Å². The van der Waals surface area contributed by atoms with Gasteiger partial charge in [-0.15, -0.1) is 0 Å². The van der Waals surface area contributed by atoms with Crippen molar-refractivity contribution in [1.29, 1.82) is 0 Å². The third kappa shape index (κ3) is 5.85. The summed E-state index contributed by atoms with van der Waals surface area (Å²) in [5.41, 5.74) is 2.44. The molecule has 3 atom stereocenters. The highest BCUT2D eigenvalue weighted by Crippen LogP contribution is 2.29. The van der Waals surface area contributed by atoms with E-state index in [1.165, 1.54) is 12.5 Å². The molecule has 1 aliphatic carbocycles. The summed E-state index contributed by atoms with van der Waals surface area (Å²) >= 11 is 0. The predicted octanol–water partition coefficient (Wildman–Crippen LogP) is 2.13. The fraction of sp³-hybridized carbons (Fsp3) is 0.600. The van der Waals surface area contributed by atoms with Gasteiger partial charge in [-0.25, -0.2) is 0 Å². The zero-order valence-corrected chi connectivity index (χ0v) is 15.6. The molecule has 1 fully saturated rings. The van der Waals surface area contributed by atoms with Crippen molar-refractivity contribution in [2.24, 2.45) is 5.92 Å². The molecule has 2 amide bonds. The van der Waals surface area contributed by atoms with E-state index in [1.54, 1.807) is 0 Å². The molecular formula is C20H30N2O3. The van der Waals surface area contributed by atoms with E-state index in [4.69, 9.17) is 0 Å². The largest absolute Gasteiger partial charge is 0.391 e. The van der Waals surface area contributed by atoms with Crippen molar-refractivity contribution in [3.05, 3.63) is 35.4 Å². The van der Waals surface area contributed by atoms with E-state index < -0.39 is 12.1 Å².